The highest BCUT2D eigenvalue weighted by molar-refractivity contribution is 7.08. The predicted octanol–water partition coefficient (Wildman–Crippen LogP) is 6.30. The summed E-state index contributed by atoms with van der Waals surface area (Å²) in [6.07, 6.45) is 5.39. The number of thiophene rings is 1. The zero-order valence-corrected chi connectivity index (χ0v) is 20.5. The number of nitrogens with one attached hydrogen (secondary N) is 1. The van der Waals surface area contributed by atoms with E-state index in [0.717, 1.165) is 36.8 Å². The van der Waals surface area contributed by atoms with E-state index in [1.807, 2.05) is 29.0 Å². The SMILES string of the molecule is O=C(NC1CCCCC1)[C@@H](c1ccc(F)cc1)N(Cc1ccc(Cl)cc1)C(=O)Cc1ccsc1. The van der Waals surface area contributed by atoms with Crippen LogP contribution in [0.5, 0.6) is 0 Å². The summed E-state index contributed by atoms with van der Waals surface area (Å²) in [5.74, 6) is -0.781. The fraction of sp³-hybridized carbons (Fsp3) is 0.333. The molecule has 0 radical (unpaired) electrons. The monoisotopic (exact) mass is 498 g/mol. The Labute approximate surface area is 208 Å². The number of halogens is 2. The molecule has 1 aliphatic rings. The number of carbonyl (C=O) groups is 2. The van der Waals surface area contributed by atoms with Crippen LogP contribution in [0, 0.1) is 5.82 Å². The topological polar surface area (TPSA) is 49.4 Å². The molecule has 1 aromatic heterocycles. The Bertz CT molecular complexity index is 1080. The van der Waals surface area contributed by atoms with Crippen molar-refractivity contribution in [1.29, 1.82) is 0 Å². The lowest BCUT2D eigenvalue weighted by molar-refractivity contribution is -0.141. The van der Waals surface area contributed by atoms with Gasteiger partial charge in [0, 0.05) is 17.6 Å². The second kappa shape index (κ2) is 11.6. The summed E-state index contributed by atoms with van der Waals surface area (Å²) in [7, 11) is 0. The molecule has 1 aliphatic carbocycles. The Morgan fingerprint density at radius 2 is 1.71 bits per heavy atom. The summed E-state index contributed by atoms with van der Waals surface area (Å²) in [5.41, 5.74) is 2.35. The van der Waals surface area contributed by atoms with E-state index < -0.39 is 6.04 Å². The highest BCUT2D eigenvalue weighted by Gasteiger charge is 2.33. The molecule has 0 unspecified atom stereocenters. The average Bonchev–Trinajstić information content (AvgIpc) is 3.35. The largest absolute Gasteiger partial charge is 0.351 e. The fourth-order valence-corrected chi connectivity index (χ4v) is 5.22. The Hall–Kier alpha value is -2.70. The van der Waals surface area contributed by atoms with Crippen LogP contribution in [0.1, 0.15) is 54.8 Å². The van der Waals surface area contributed by atoms with Crippen molar-refractivity contribution in [3.8, 4) is 0 Å². The molecule has 1 N–H and O–H groups in total. The third kappa shape index (κ3) is 6.45. The molecule has 3 aromatic rings. The smallest absolute Gasteiger partial charge is 0.247 e. The van der Waals surface area contributed by atoms with E-state index in [4.69, 9.17) is 11.6 Å². The Kier molecular flexibility index (Phi) is 8.35. The van der Waals surface area contributed by atoms with Crippen molar-refractivity contribution < 1.29 is 14.0 Å². The van der Waals surface area contributed by atoms with E-state index in [9.17, 15) is 14.0 Å². The van der Waals surface area contributed by atoms with Gasteiger partial charge in [0.25, 0.3) is 0 Å². The number of amides is 2. The summed E-state index contributed by atoms with van der Waals surface area (Å²) in [4.78, 5) is 28.9. The fourth-order valence-electron chi connectivity index (χ4n) is 4.42. The molecular weight excluding hydrogens is 471 g/mol. The molecule has 0 bridgehead atoms. The lowest BCUT2D eigenvalue weighted by Crippen LogP contribution is -2.47. The molecule has 0 aliphatic heterocycles. The molecule has 1 saturated carbocycles. The van der Waals surface area contributed by atoms with Crippen LogP contribution in [-0.2, 0) is 22.6 Å². The van der Waals surface area contributed by atoms with Gasteiger partial charge in [0.2, 0.25) is 11.8 Å². The van der Waals surface area contributed by atoms with Crippen molar-refractivity contribution in [2.75, 3.05) is 0 Å². The molecule has 1 atom stereocenters. The first-order valence-corrected chi connectivity index (χ1v) is 12.9. The molecule has 34 heavy (non-hydrogen) atoms. The Balaban J connectivity index is 1.68. The standard InChI is InChI=1S/C27H28ClFN2O2S/c28-22-10-6-19(7-11-22)17-31(25(32)16-20-14-15-34-18-20)26(21-8-12-23(29)13-9-21)27(33)30-24-4-2-1-3-5-24/h6-15,18,24,26H,1-5,16-17H2,(H,30,33)/t26-/m1/s1. The Morgan fingerprint density at radius 3 is 2.35 bits per heavy atom. The molecule has 2 aromatic carbocycles. The molecule has 7 heteroatoms. The molecule has 4 rings (SSSR count). The molecule has 178 valence electrons. The lowest BCUT2D eigenvalue weighted by Gasteiger charge is -2.33. The van der Waals surface area contributed by atoms with Crippen LogP contribution in [0.2, 0.25) is 5.02 Å². The molecule has 0 spiro atoms. The van der Waals surface area contributed by atoms with Crippen molar-refractivity contribution in [1.82, 2.24) is 10.2 Å². The van der Waals surface area contributed by atoms with E-state index >= 15 is 0 Å². The van der Waals surface area contributed by atoms with Crippen LogP contribution in [0.3, 0.4) is 0 Å². The maximum atomic E-state index is 13.7. The van der Waals surface area contributed by atoms with Gasteiger partial charge in [-0.15, -0.1) is 0 Å². The van der Waals surface area contributed by atoms with Gasteiger partial charge >= 0.3 is 0 Å². The van der Waals surface area contributed by atoms with Crippen molar-refractivity contribution in [2.45, 2.75) is 57.2 Å². The molecule has 4 nitrogen and oxygen atoms in total. The zero-order valence-electron chi connectivity index (χ0n) is 18.9. The third-order valence-corrected chi connectivity index (χ3v) is 7.20. The van der Waals surface area contributed by atoms with E-state index in [2.05, 4.69) is 5.32 Å². The van der Waals surface area contributed by atoms with Gasteiger partial charge in [0.15, 0.2) is 0 Å². The van der Waals surface area contributed by atoms with Gasteiger partial charge in [-0.2, -0.15) is 11.3 Å². The summed E-state index contributed by atoms with van der Waals surface area (Å²) in [6, 6.07) is 14.2. The van der Waals surface area contributed by atoms with Crippen LogP contribution in [0.4, 0.5) is 4.39 Å². The number of rotatable bonds is 8. The number of benzene rings is 2. The van der Waals surface area contributed by atoms with Crippen molar-refractivity contribution >= 4 is 34.8 Å². The number of hydrogen-bond donors (Lipinski definition) is 1. The summed E-state index contributed by atoms with van der Waals surface area (Å²) in [6.45, 7) is 0.236. The number of hydrogen-bond acceptors (Lipinski definition) is 3. The van der Waals surface area contributed by atoms with Gasteiger partial charge in [0.05, 0.1) is 6.42 Å². The second-order valence-electron chi connectivity index (χ2n) is 8.75. The summed E-state index contributed by atoms with van der Waals surface area (Å²) < 4.78 is 13.7. The molecule has 1 fully saturated rings. The van der Waals surface area contributed by atoms with Gasteiger partial charge in [-0.25, -0.2) is 4.39 Å². The van der Waals surface area contributed by atoms with E-state index in [0.29, 0.717) is 10.6 Å². The summed E-state index contributed by atoms with van der Waals surface area (Å²) in [5, 5.41) is 7.65. The normalized spacial score (nSPS) is 15.0. The van der Waals surface area contributed by atoms with Gasteiger partial charge in [-0.3, -0.25) is 9.59 Å². The van der Waals surface area contributed by atoms with Crippen LogP contribution in [-0.4, -0.2) is 22.8 Å². The Morgan fingerprint density at radius 1 is 1.00 bits per heavy atom. The lowest BCUT2D eigenvalue weighted by atomic mass is 9.94. The predicted molar refractivity (Wildman–Crippen MR) is 134 cm³/mol. The van der Waals surface area contributed by atoms with Gasteiger partial charge in [-0.05, 0) is 70.6 Å². The molecule has 1 heterocycles. The first kappa shape index (κ1) is 24.4. The maximum absolute atomic E-state index is 13.7. The van der Waals surface area contributed by atoms with Gasteiger partial charge in [-0.1, -0.05) is 55.1 Å². The maximum Gasteiger partial charge on any atom is 0.247 e. The quantitative estimate of drug-likeness (QED) is 0.396. The highest BCUT2D eigenvalue weighted by atomic mass is 35.5. The van der Waals surface area contributed by atoms with Crippen molar-refractivity contribution in [3.05, 3.63) is 92.9 Å². The minimum atomic E-state index is -0.871. The number of nitrogens with zero attached hydrogens (tertiary/aromatic N) is 1. The van der Waals surface area contributed by atoms with Crippen LogP contribution >= 0.6 is 22.9 Å². The average molecular weight is 499 g/mol. The minimum absolute atomic E-state index is 0.0913. The minimum Gasteiger partial charge on any atom is -0.351 e. The highest BCUT2D eigenvalue weighted by Crippen LogP contribution is 2.27. The van der Waals surface area contributed by atoms with E-state index in [-0.39, 0.29) is 36.6 Å². The van der Waals surface area contributed by atoms with E-state index in [1.165, 1.54) is 29.9 Å². The van der Waals surface area contributed by atoms with Gasteiger partial charge < -0.3 is 10.2 Å². The van der Waals surface area contributed by atoms with Crippen LogP contribution < -0.4 is 5.32 Å². The van der Waals surface area contributed by atoms with Crippen molar-refractivity contribution in [2.24, 2.45) is 0 Å². The molecular formula is C27H28ClFN2O2S. The second-order valence-corrected chi connectivity index (χ2v) is 9.97. The first-order valence-electron chi connectivity index (χ1n) is 11.6. The number of carbonyl (C=O) groups excluding carboxylic acids is 2. The van der Waals surface area contributed by atoms with Crippen molar-refractivity contribution in [3.63, 3.8) is 0 Å². The van der Waals surface area contributed by atoms with E-state index in [1.54, 1.807) is 29.2 Å². The third-order valence-electron chi connectivity index (χ3n) is 6.22. The summed E-state index contributed by atoms with van der Waals surface area (Å²) >= 11 is 7.59. The van der Waals surface area contributed by atoms with Crippen LogP contribution in [0.15, 0.2) is 65.4 Å². The van der Waals surface area contributed by atoms with Crippen LogP contribution in [0.25, 0.3) is 0 Å². The van der Waals surface area contributed by atoms with Gasteiger partial charge in [0.1, 0.15) is 11.9 Å². The first-order chi connectivity index (χ1) is 16.5. The molecule has 2 amide bonds. The zero-order chi connectivity index (χ0) is 23.9. The molecule has 0 saturated heterocycles.